The van der Waals surface area contributed by atoms with E-state index < -0.39 is 5.82 Å². The van der Waals surface area contributed by atoms with Gasteiger partial charge in [-0.25, -0.2) is 4.39 Å². The molecule has 100 valence electrons. The summed E-state index contributed by atoms with van der Waals surface area (Å²) in [5.74, 6) is -0.536. The molecule has 0 aliphatic heterocycles. The van der Waals surface area contributed by atoms with Crippen LogP contribution in [-0.2, 0) is 16.0 Å². The van der Waals surface area contributed by atoms with E-state index in [1.165, 1.54) is 6.07 Å². The van der Waals surface area contributed by atoms with Gasteiger partial charge in [-0.15, -0.1) is 0 Å². The molecule has 1 rings (SSSR count). The van der Waals surface area contributed by atoms with Crippen molar-refractivity contribution < 1.29 is 18.7 Å². The van der Waals surface area contributed by atoms with Crippen LogP contribution in [0.25, 0.3) is 0 Å². The Morgan fingerprint density at radius 3 is 2.83 bits per heavy atom. The van der Waals surface area contributed by atoms with E-state index in [0.717, 1.165) is 5.56 Å². The molecule has 0 amide bonds. The molecule has 5 heteroatoms. The minimum atomic E-state index is -0.440. The summed E-state index contributed by atoms with van der Waals surface area (Å²) in [6.45, 7) is 2.73. The fraction of sp³-hybridized carbons (Fsp3) is 0.462. The third-order valence-corrected chi connectivity index (χ3v) is 2.29. The van der Waals surface area contributed by atoms with Crippen molar-refractivity contribution in [2.45, 2.75) is 19.8 Å². The fourth-order valence-corrected chi connectivity index (χ4v) is 1.47. The Kier molecular flexibility index (Phi) is 6.14. The maximum Gasteiger partial charge on any atom is 0.306 e. The van der Waals surface area contributed by atoms with Crippen LogP contribution in [0.5, 0.6) is 5.75 Å². The van der Waals surface area contributed by atoms with E-state index in [1.54, 1.807) is 19.1 Å². The lowest BCUT2D eigenvalue weighted by atomic mass is 10.1. The first-order valence-electron chi connectivity index (χ1n) is 5.94. The van der Waals surface area contributed by atoms with Crippen LogP contribution in [0.15, 0.2) is 18.2 Å². The summed E-state index contributed by atoms with van der Waals surface area (Å²) in [7, 11) is 0. The van der Waals surface area contributed by atoms with Crippen molar-refractivity contribution in [3.05, 3.63) is 29.6 Å². The van der Waals surface area contributed by atoms with Gasteiger partial charge in [-0.05, 0) is 31.0 Å². The van der Waals surface area contributed by atoms with Crippen LogP contribution in [0.4, 0.5) is 4.39 Å². The Labute approximate surface area is 106 Å². The molecule has 1 aromatic rings. The highest BCUT2D eigenvalue weighted by atomic mass is 19.1. The van der Waals surface area contributed by atoms with Crippen LogP contribution < -0.4 is 10.5 Å². The van der Waals surface area contributed by atoms with Crippen molar-refractivity contribution in [3.63, 3.8) is 0 Å². The highest BCUT2D eigenvalue weighted by Crippen LogP contribution is 2.19. The number of carbonyl (C=O) groups excluding carboxylic acids is 1. The number of nitrogens with two attached hydrogens (primary N) is 1. The molecule has 0 unspecified atom stereocenters. The smallest absolute Gasteiger partial charge is 0.306 e. The van der Waals surface area contributed by atoms with Crippen molar-refractivity contribution in [1.82, 2.24) is 0 Å². The molecule has 18 heavy (non-hydrogen) atoms. The zero-order chi connectivity index (χ0) is 13.4. The normalized spacial score (nSPS) is 10.2. The predicted molar refractivity (Wildman–Crippen MR) is 65.9 cm³/mol. The number of ether oxygens (including phenoxy) is 2. The fourth-order valence-electron chi connectivity index (χ4n) is 1.47. The first-order valence-corrected chi connectivity index (χ1v) is 5.94. The third kappa shape index (κ3) is 4.71. The van der Waals surface area contributed by atoms with Gasteiger partial charge in [0.25, 0.3) is 0 Å². The Morgan fingerprint density at radius 2 is 2.22 bits per heavy atom. The highest BCUT2D eigenvalue weighted by molar-refractivity contribution is 5.69. The van der Waals surface area contributed by atoms with Gasteiger partial charge in [-0.3, -0.25) is 4.79 Å². The van der Waals surface area contributed by atoms with Crippen LogP contribution in [0, 0.1) is 5.82 Å². The molecular formula is C13H18FNO3. The summed E-state index contributed by atoms with van der Waals surface area (Å²) in [6.07, 6.45) is 0.698. The maximum atomic E-state index is 13.6. The van der Waals surface area contributed by atoms with Gasteiger partial charge in [0.15, 0.2) is 11.6 Å². The van der Waals surface area contributed by atoms with E-state index in [4.69, 9.17) is 15.2 Å². The molecule has 0 aliphatic rings. The minimum absolute atomic E-state index is 0.181. The average Bonchev–Trinajstić information content (AvgIpc) is 2.35. The molecule has 0 heterocycles. The SMILES string of the molecule is CCOC(=O)CCc1ccc(OCCN)c(F)c1. The second-order valence-corrected chi connectivity index (χ2v) is 3.71. The lowest BCUT2D eigenvalue weighted by Gasteiger charge is -2.07. The lowest BCUT2D eigenvalue weighted by Crippen LogP contribution is -2.11. The zero-order valence-electron chi connectivity index (χ0n) is 10.4. The van der Waals surface area contributed by atoms with Crippen molar-refractivity contribution in [3.8, 4) is 5.75 Å². The molecule has 0 saturated heterocycles. The van der Waals surface area contributed by atoms with Crippen LogP contribution in [-0.4, -0.2) is 25.7 Å². The molecule has 0 atom stereocenters. The Morgan fingerprint density at radius 1 is 1.44 bits per heavy atom. The van der Waals surface area contributed by atoms with Gasteiger partial charge >= 0.3 is 5.97 Å². The number of rotatable bonds is 7. The standard InChI is InChI=1S/C13H18FNO3/c1-2-17-13(16)6-4-10-3-5-12(11(14)9-10)18-8-7-15/h3,5,9H,2,4,6-8,15H2,1H3. The van der Waals surface area contributed by atoms with Crippen LogP contribution in [0.1, 0.15) is 18.9 Å². The van der Waals surface area contributed by atoms with Crippen molar-refractivity contribution >= 4 is 5.97 Å². The topological polar surface area (TPSA) is 61.5 Å². The number of halogens is 1. The van der Waals surface area contributed by atoms with Gasteiger partial charge in [0.2, 0.25) is 0 Å². The van der Waals surface area contributed by atoms with Crippen LogP contribution >= 0.6 is 0 Å². The molecule has 0 aliphatic carbocycles. The average molecular weight is 255 g/mol. The van der Waals surface area contributed by atoms with Gasteiger partial charge in [0, 0.05) is 13.0 Å². The van der Waals surface area contributed by atoms with E-state index in [9.17, 15) is 9.18 Å². The summed E-state index contributed by atoms with van der Waals surface area (Å²) in [5.41, 5.74) is 6.00. The number of aryl methyl sites for hydroxylation is 1. The molecule has 0 aromatic heterocycles. The largest absolute Gasteiger partial charge is 0.489 e. The molecule has 2 N–H and O–H groups in total. The quantitative estimate of drug-likeness (QED) is 0.753. The van der Waals surface area contributed by atoms with Gasteiger partial charge < -0.3 is 15.2 Å². The Balaban J connectivity index is 2.53. The highest BCUT2D eigenvalue weighted by Gasteiger charge is 2.07. The van der Waals surface area contributed by atoms with Gasteiger partial charge in [-0.2, -0.15) is 0 Å². The number of hydrogen-bond acceptors (Lipinski definition) is 4. The molecule has 0 bridgehead atoms. The Bertz CT molecular complexity index is 396. The third-order valence-electron chi connectivity index (χ3n) is 2.29. The second kappa shape index (κ2) is 7.66. The zero-order valence-corrected chi connectivity index (χ0v) is 10.4. The Hall–Kier alpha value is -1.62. The van der Waals surface area contributed by atoms with Gasteiger partial charge in [0.05, 0.1) is 6.61 Å². The summed E-state index contributed by atoms with van der Waals surface area (Å²) in [4.78, 5) is 11.2. The molecule has 0 spiro atoms. The molecular weight excluding hydrogens is 237 g/mol. The van der Waals surface area contributed by atoms with E-state index >= 15 is 0 Å². The molecule has 0 radical (unpaired) electrons. The molecule has 0 saturated carbocycles. The number of esters is 1. The van der Waals surface area contributed by atoms with Gasteiger partial charge in [-0.1, -0.05) is 6.07 Å². The monoisotopic (exact) mass is 255 g/mol. The summed E-state index contributed by atoms with van der Waals surface area (Å²) in [5, 5.41) is 0. The lowest BCUT2D eigenvalue weighted by molar-refractivity contribution is -0.143. The van der Waals surface area contributed by atoms with E-state index in [2.05, 4.69) is 0 Å². The van der Waals surface area contributed by atoms with Crippen LogP contribution in [0.2, 0.25) is 0 Å². The van der Waals surface area contributed by atoms with E-state index in [-0.39, 0.29) is 24.7 Å². The van der Waals surface area contributed by atoms with Gasteiger partial charge in [0.1, 0.15) is 6.61 Å². The second-order valence-electron chi connectivity index (χ2n) is 3.71. The summed E-state index contributed by atoms with van der Waals surface area (Å²) >= 11 is 0. The first kappa shape index (κ1) is 14.4. The van der Waals surface area contributed by atoms with E-state index in [0.29, 0.717) is 19.6 Å². The van der Waals surface area contributed by atoms with Crippen molar-refractivity contribution in [1.29, 1.82) is 0 Å². The minimum Gasteiger partial charge on any atom is -0.489 e. The predicted octanol–water partition coefficient (Wildman–Crippen LogP) is 1.66. The van der Waals surface area contributed by atoms with Crippen molar-refractivity contribution in [2.75, 3.05) is 19.8 Å². The van der Waals surface area contributed by atoms with Crippen LogP contribution in [0.3, 0.4) is 0 Å². The van der Waals surface area contributed by atoms with E-state index in [1.807, 2.05) is 0 Å². The number of carbonyl (C=O) groups is 1. The summed E-state index contributed by atoms with van der Waals surface area (Å²) in [6, 6.07) is 4.64. The summed E-state index contributed by atoms with van der Waals surface area (Å²) < 4.78 is 23.5. The molecule has 4 nitrogen and oxygen atoms in total. The van der Waals surface area contributed by atoms with Crippen molar-refractivity contribution in [2.24, 2.45) is 5.73 Å². The molecule has 1 aromatic carbocycles. The maximum absolute atomic E-state index is 13.6. The number of benzene rings is 1. The number of hydrogen-bond donors (Lipinski definition) is 1. The first-order chi connectivity index (χ1) is 8.67. The molecule has 0 fully saturated rings.